The Morgan fingerprint density at radius 2 is 1.95 bits per heavy atom. The molecule has 0 amide bonds. The average Bonchev–Trinajstić information content (AvgIpc) is 2.84. The van der Waals surface area contributed by atoms with E-state index in [-0.39, 0.29) is 5.97 Å². The Kier molecular flexibility index (Phi) is 4.72. The molecule has 1 N–H and O–H groups in total. The predicted molar refractivity (Wildman–Crippen MR) is 79.7 cm³/mol. The molecule has 1 unspecified atom stereocenters. The lowest BCUT2D eigenvalue weighted by atomic mass is 9.89. The molecule has 20 heavy (non-hydrogen) atoms. The van der Waals surface area contributed by atoms with Crippen LogP contribution in [0.15, 0.2) is 0 Å². The molecule has 2 heterocycles. The predicted octanol–water partition coefficient (Wildman–Crippen LogP) is 0.555. The fourth-order valence-corrected chi connectivity index (χ4v) is 3.39. The van der Waals surface area contributed by atoms with Crippen LogP contribution < -0.4 is 5.32 Å². The van der Waals surface area contributed by atoms with Crippen LogP contribution in [0.3, 0.4) is 0 Å². The first-order chi connectivity index (χ1) is 9.37. The Morgan fingerprint density at radius 3 is 2.45 bits per heavy atom. The fourth-order valence-electron chi connectivity index (χ4n) is 3.39. The van der Waals surface area contributed by atoms with Crippen LogP contribution >= 0.6 is 0 Å². The number of ether oxygens (including phenoxy) is 1. The van der Waals surface area contributed by atoms with Gasteiger partial charge in [0.1, 0.15) is 5.54 Å². The van der Waals surface area contributed by atoms with Gasteiger partial charge >= 0.3 is 5.97 Å². The number of hydrogen-bond acceptors (Lipinski definition) is 5. The molecule has 2 rings (SSSR count). The second-order valence-corrected chi connectivity index (χ2v) is 7.05. The summed E-state index contributed by atoms with van der Waals surface area (Å²) >= 11 is 0. The molecule has 2 saturated heterocycles. The van der Waals surface area contributed by atoms with Crippen molar-refractivity contribution in [3.8, 4) is 0 Å². The molecular weight excluding hydrogens is 254 g/mol. The third kappa shape index (κ3) is 3.32. The molecule has 0 spiro atoms. The van der Waals surface area contributed by atoms with Crippen LogP contribution in [0.2, 0.25) is 0 Å². The average molecular weight is 283 g/mol. The van der Waals surface area contributed by atoms with Crippen molar-refractivity contribution in [3.63, 3.8) is 0 Å². The first-order valence-electron chi connectivity index (χ1n) is 7.64. The number of methoxy groups -OCH3 is 1. The number of carbonyl (C=O) groups excluding carboxylic acids is 1. The molecule has 0 aromatic rings. The van der Waals surface area contributed by atoms with Crippen LogP contribution in [0.25, 0.3) is 0 Å². The van der Waals surface area contributed by atoms with Gasteiger partial charge in [-0.25, -0.2) is 0 Å². The van der Waals surface area contributed by atoms with Crippen molar-refractivity contribution in [2.75, 3.05) is 52.9 Å². The van der Waals surface area contributed by atoms with Crippen LogP contribution in [0.5, 0.6) is 0 Å². The van der Waals surface area contributed by atoms with Crippen molar-refractivity contribution in [2.24, 2.45) is 5.41 Å². The van der Waals surface area contributed by atoms with E-state index in [2.05, 4.69) is 22.0 Å². The van der Waals surface area contributed by atoms with Crippen molar-refractivity contribution < 1.29 is 9.53 Å². The van der Waals surface area contributed by atoms with E-state index in [0.717, 1.165) is 45.8 Å². The number of nitrogens with zero attached hydrogens (tertiary/aromatic N) is 2. The zero-order chi connectivity index (χ0) is 14.8. The van der Waals surface area contributed by atoms with Crippen molar-refractivity contribution in [1.29, 1.82) is 0 Å². The minimum Gasteiger partial charge on any atom is -0.468 e. The second-order valence-electron chi connectivity index (χ2n) is 7.05. The van der Waals surface area contributed by atoms with Gasteiger partial charge in [0.2, 0.25) is 0 Å². The van der Waals surface area contributed by atoms with E-state index in [0.29, 0.717) is 5.41 Å². The number of esters is 1. The molecule has 0 aromatic carbocycles. The number of nitrogens with one attached hydrogen (secondary N) is 1. The molecule has 0 saturated carbocycles. The van der Waals surface area contributed by atoms with Crippen molar-refractivity contribution in [3.05, 3.63) is 0 Å². The third-order valence-electron chi connectivity index (χ3n) is 4.91. The summed E-state index contributed by atoms with van der Waals surface area (Å²) in [5.74, 6) is -0.141. The molecule has 2 aliphatic heterocycles. The minimum absolute atomic E-state index is 0.141. The molecule has 0 bridgehead atoms. The number of carbonyl (C=O) groups is 1. The highest BCUT2D eigenvalue weighted by atomic mass is 16.5. The summed E-state index contributed by atoms with van der Waals surface area (Å²) in [5, 5.41) is 3.46. The molecule has 0 radical (unpaired) electrons. The van der Waals surface area contributed by atoms with E-state index in [9.17, 15) is 4.79 Å². The summed E-state index contributed by atoms with van der Waals surface area (Å²) in [5.41, 5.74) is -0.0975. The Hall–Kier alpha value is -0.650. The van der Waals surface area contributed by atoms with Gasteiger partial charge in [-0.05, 0) is 32.2 Å². The molecule has 0 aromatic heterocycles. The maximum absolute atomic E-state index is 11.9. The highest BCUT2D eigenvalue weighted by molar-refractivity contribution is 5.79. The standard InChI is InChI=1S/C15H29N3O2/c1-14(2,13(19)20-4)18-9-7-17(8-10-18)12-15(3)5-6-16-11-15/h16H,5-12H2,1-4H3. The molecule has 5 heteroatoms. The largest absolute Gasteiger partial charge is 0.468 e. The van der Waals surface area contributed by atoms with E-state index in [1.807, 2.05) is 13.8 Å². The van der Waals surface area contributed by atoms with Crippen LogP contribution in [0, 0.1) is 5.41 Å². The summed E-state index contributed by atoms with van der Waals surface area (Å²) in [4.78, 5) is 16.6. The monoisotopic (exact) mass is 283 g/mol. The van der Waals surface area contributed by atoms with E-state index in [1.54, 1.807) is 0 Å². The lowest BCUT2D eigenvalue weighted by Crippen LogP contribution is -2.59. The lowest BCUT2D eigenvalue weighted by molar-refractivity contribution is -0.154. The molecule has 2 aliphatic rings. The van der Waals surface area contributed by atoms with E-state index in [4.69, 9.17) is 4.74 Å². The Morgan fingerprint density at radius 1 is 1.30 bits per heavy atom. The SMILES string of the molecule is COC(=O)C(C)(C)N1CCN(CC2(C)CCNC2)CC1. The first-order valence-corrected chi connectivity index (χ1v) is 7.64. The number of piperazine rings is 1. The van der Waals surface area contributed by atoms with Gasteiger partial charge in [0, 0.05) is 39.3 Å². The molecule has 2 fully saturated rings. The highest BCUT2D eigenvalue weighted by Gasteiger charge is 2.38. The molecule has 0 aliphatic carbocycles. The van der Waals surface area contributed by atoms with Gasteiger partial charge in [0.15, 0.2) is 0 Å². The first kappa shape index (κ1) is 15.7. The lowest BCUT2D eigenvalue weighted by Gasteiger charge is -2.43. The van der Waals surface area contributed by atoms with Gasteiger partial charge in [-0.3, -0.25) is 9.69 Å². The minimum atomic E-state index is -0.514. The molecular formula is C15H29N3O2. The summed E-state index contributed by atoms with van der Waals surface area (Å²) in [6.07, 6.45) is 1.26. The Balaban J connectivity index is 1.84. The van der Waals surface area contributed by atoms with Crippen molar-refractivity contribution >= 4 is 5.97 Å². The molecule has 1 atom stereocenters. The number of rotatable bonds is 4. The zero-order valence-corrected chi connectivity index (χ0v) is 13.4. The summed E-state index contributed by atoms with van der Waals surface area (Å²) in [6.45, 7) is 13.7. The fraction of sp³-hybridized carbons (Fsp3) is 0.933. The second kappa shape index (κ2) is 6.00. The van der Waals surface area contributed by atoms with E-state index < -0.39 is 5.54 Å². The maximum atomic E-state index is 11.9. The zero-order valence-electron chi connectivity index (χ0n) is 13.4. The summed E-state index contributed by atoms with van der Waals surface area (Å²) in [6, 6.07) is 0. The van der Waals surface area contributed by atoms with E-state index in [1.165, 1.54) is 13.5 Å². The normalized spacial score (nSPS) is 29.6. The van der Waals surface area contributed by atoms with Crippen LogP contribution in [-0.4, -0.2) is 74.2 Å². The quantitative estimate of drug-likeness (QED) is 0.764. The Labute approximate surface area is 122 Å². The summed E-state index contributed by atoms with van der Waals surface area (Å²) in [7, 11) is 1.47. The summed E-state index contributed by atoms with van der Waals surface area (Å²) < 4.78 is 4.92. The van der Waals surface area contributed by atoms with Gasteiger partial charge in [0.05, 0.1) is 7.11 Å². The van der Waals surface area contributed by atoms with Crippen molar-refractivity contribution in [2.45, 2.75) is 32.7 Å². The molecule has 116 valence electrons. The van der Waals surface area contributed by atoms with Gasteiger partial charge in [-0.15, -0.1) is 0 Å². The topological polar surface area (TPSA) is 44.8 Å². The van der Waals surface area contributed by atoms with Crippen molar-refractivity contribution in [1.82, 2.24) is 15.1 Å². The Bertz CT molecular complexity index is 343. The van der Waals surface area contributed by atoms with Gasteiger partial charge in [-0.2, -0.15) is 0 Å². The molecule has 5 nitrogen and oxygen atoms in total. The third-order valence-corrected chi connectivity index (χ3v) is 4.91. The van der Waals surface area contributed by atoms with Crippen LogP contribution in [-0.2, 0) is 9.53 Å². The van der Waals surface area contributed by atoms with E-state index >= 15 is 0 Å². The van der Waals surface area contributed by atoms with Gasteiger partial charge < -0.3 is 15.0 Å². The number of hydrogen-bond donors (Lipinski definition) is 1. The highest BCUT2D eigenvalue weighted by Crippen LogP contribution is 2.27. The van der Waals surface area contributed by atoms with Crippen LogP contribution in [0.1, 0.15) is 27.2 Å². The van der Waals surface area contributed by atoms with Gasteiger partial charge in [0.25, 0.3) is 0 Å². The smallest absolute Gasteiger partial charge is 0.325 e. The van der Waals surface area contributed by atoms with Crippen LogP contribution in [0.4, 0.5) is 0 Å². The maximum Gasteiger partial charge on any atom is 0.325 e. The van der Waals surface area contributed by atoms with Gasteiger partial charge in [-0.1, -0.05) is 6.92 Å².